The van der Waals surface area contributed by atoms with Crippen molar-refractivity contribution in [2.24, 2.45) is 0 Å². The van der Waals surface area contributed by atoms with Gasteiger partial charge < -0.3 is 9.80 Å². The summed E-state index contributed by atoms with van der Waals surface area (Å²) in [5, 5.41) is 4.82. The Labute approximate surface area is 484 Å². The zero-order chi connectivity index (χ0) is 54.8. The Hall–Kier alpha value is -10.8. The lowest BCUT2D eigenvalue weighted by atomic mass is 9.69. The average molecular weight is 1060 g/mol. The SMILES string of the molecule is c1ccc(-c2ccc(N(c3ccccc3)c3ccc4c5c(ccc4c3)-c3c(cc(N(c4ccccc4)c4ccc(-c6ccccc6)cc4-c4ccccc4)c4ccccc34)C53c4ccccc4-c4ccccc43)c(-c3ccccc3)c2)cc1. The summed E-state index contributed by atoms with van der Waals surface area (Å²) in [6.07, 6.45) is 0. The van der Waals surface area contributed by atoms with Gasteiger partial charge in [0.15, 0.2) is 0 Å². The normalized spacial score (nSPS) is 12.4. The fraction of sp³-hybridized carbons (Fsp3) is 0.0123. The highest BCUT2D eigenvalue weighted by molar-refractivity contribution is 6.15. The Bertz CT molecular complexity index is 4720. The first-order valence-corrected chi connectivity index (χ1v) is 28.7. The minimum Gasteiger partial charge on any atom is -0.310 e. The molecule has 0 saturated heterocycles. The van der Waals surface area contributed by atoms with Crippen LogP contribution in [0.4, 0.5) is 34.1 Å². The number of anilines is 6. The average Bonchev–Trinajstić information content (AvgIpc) is 1.60. The molecule has 0 bridgehead atoms. The Morgan fingerprint density at radius 3 is 1.20 bits per heavy atom. The fourth-order valence-electron chi connectivity index (χ4n) is 13.9. The maximum absolute atomic E-state index is 2.57. The van der Waals surface area contributed by atoms with Crippen LogP contribution in [0.1, 0.15) is 22.3 Å². The summed E-state index contributed by atoms with van der Waals surface area (Å²) in [5.74, 6) is 0. The van der Waals surface area contributed by atoms with Crippen molar-refractivity contribution in [2.45, 2.75) is 5.41 Å². The van der Waals surface area contributed by atoms with E-state index >= 15 is 0 Å². The van der Waals surface area contributed by atoms with Crippen molar-refractivity contribution in [1.29, 1.82) is 0 Å². The highest BCUT2D eigenvalue weighted by Gasteiger charge is 2.53. The molecule has 14 aromatic rings. The van der Waals surface area contributed by atoms with Gasteiger partial charge in [-0.1, -0.05) is 261 Å². The molecule has 0 heterocycles. The van der Waals surface area contributed by atoms with Crippen molar-refractivity contribution in [3.63, 3.8) is 0 Å². The van der Waals surface area contributed by atoms with Crippen LogP contribution in [-0.4, -0.2) is 0 Å². The lowest BCUT2D eigenvalue weighted by molar-refractivity contribution is 0.802. The lowest BCUT2D eigenvalue weighted by Gasteiger charge is -2.34. The second kappa shape index (κ2) is 19.8. The molecule has 0 amide bonds. The van der Waals surface area contributed by atoms with Gasteiger partial charge in [0.2, 0.25) is 0 Å². The number of para-hydroxylation sites is 2. The number of fused-ring (bicyclic) bond motifs is 14. The number of hydrogen-bond donors (Lipinski definition) is 0. The molecule has 2 nitrogen and oxygen atoms in total. The van der Waals surface area contributed by atoms with Crippen LogP contribution in [-0.2, 0) is 5.41 Å². The maximum Gasteiger partial charge on any atom is 0.0732 e. The van der Waals surface area contributed by atoms with Crippen molar-refractivity contribution in [3.8, 4) is 66.8 Å². The van der Waals surface area contributed by atoms with Crippen LogP contribution in [0.2, 0.25) is 0 Å². The zero-order valence-electron chi connectivity index (χ0n) is 45.6. The van der Waals surface area contributed by atoms with Gasteiger partial charge >= 0.3 is 0 Å². The van der Waals surface area contributed by atoms with E-state index in [2.05, 4.69) is 337 Å². The van der Waals surface area contributed by atoms with Crippen LogP contribution in [0.25, 0.3) is 88.3 Å². The summed E-state index contributed by atoms with van der Waals surface area (Å²) >= 11 is 0. The van der Waals surface area contributed by atoms with Gasteiger partial charge in [-0.15, -0.1) is 0 Å². The van der Waals surface area contributed by atoms with Crippen LogP contribution < -0.4 is 9.80 Å². The Morgan fingerprint density at radius 2 is 0.663 bits per heavy atom. The van der Waals surface area contributed by atoms with E-state index in [1.54, 1.807) is 0 Å². The van der Waals surface area contributed by atoms with E-state index in [1.807, 2.05) is 0 Å². The first-order chi connectivity index (χ1) is 41.2. The van der Waals surface area contributed by atoms with Crippen LogP contribution >= 0.6 is 0 Å². The molecule has 0 aliphatic heterocycles. The molecule has 2 aliphatic carbocycles. The molecule has 0 atom stereocenters. The molecule has 388 valence electrons. The van der Waals surface area contributed by atoms with Gasteiger partial charge in [-0.25, -0.2) is 0 Å². The van der Waals surface area contributed by atoms with Crippen molar-refractivity contribution in [2.75, 3.05) is 9.80 Å². The molecule has 0 saturated carbocycles. The zero-order valence-corrected chi connectivity index (χ0v) is 45.6. The van der Waals surface area contributed by atoms with E-state index in [9.17, 15) is 0 Å². The van der Waals surface area contributed by atoms with E-state index in [1.165, 1.54) is 88.3 Å². The van der Waals surface area contributed by atoms with E-state index < -0.39 is 5.41 Å². The van der Waals surface area contributed by atoms with Gasteiger partial charge in [-0.2, -0.15) is 0 Å². The molecule has 0 fully saturated rings. The minimum atomic E-state index is -0.674. The van der Waals surface area contributed by atoms with Crippen LogP contribution in [0.15, 0.2) is 328 Å². The van der Waals surface area contributed by atoms with Crippen LogP contribution in [0.3, 0.4) is 0 Å². The maximum atomic E-state index is 2.57. The fourth-order valence-corrected chi connectivity index (χ4v) is 13.9. The van der Waals surface area contributed by atoms with E-state index in [0.29, 0.717) is 0 Å². The minimum absolute atomic E-state index is 0.674. The third kappa shape index (κ3) is 7.72. The number of rotatable bonds is 10. The molecule has 0 unspecified atom stereocenters. The molecule has 83 heavy (non-hydrogen) atoms. The van der Waals surface area contributed by atoms with Gasteiger partial charge in [0.1, 0.15) is 0 Å². The second-order valence-electron chi connectivity index (χ2n) is 21.9. The third-order valence-corrected chi connectivity index (χ3v) is 17.4. The molecule has 0 radical (unpaired) electrons. The van der Waals surface area contributed by atoms with Crippen LogP contribution in [0, 0.1) is 0 Å². The van der Waals surface area contributed by atoms with Gasteiger partial charge in [0, 0.05) is 33.6 Å². The topological polar surface area (TPSA) is 6.48 Å². The predicted molar refractivity (Wildman–Crippen MR) is 349 cm³/mol. The van der Waals surface area contributed by atoms with Gasteiger partial charge in [0.25, 0.3) is 0 Å². The summed E-state index contributed by atoms with van der Waals surface area (Å²) in [6, 6.07) is 121. The number of benzene rings is 14. The second-order valence-corrected chi connectivity index (χ2v) is 21.9. The summed E-state index contributed by atoms with van der Waals surface area (Å²) in [5.41, 5.74) is 25.6. The lowest BCUT2D eigenvalue weighted by Crippen LogP contribution is -2.26. The van der Waals surface area contributed by atoms with Crippen molar-refractivity contribution >= 4 is 55.7 Å². The highest BCUT2D eigenvalue weighted by Crippen LogP contribution is 2.66. The molecule has 2 aliphatic rings. The molecule has 1 spiro atoms. The molecule has 14 aromatic carbocycles. The Kier molecular flexibility index (Phi) is 11.5. The largest absolute Gasteiger partial charge is 0.310 e. The van der Waals surface area contributed by atoms with Gasteiger partial charge in [-0.05, 0) is 161 Å². The monoisotopic (exact) mass is 1050 g/mol. The van der Waals surface area contributed by atoms with Crippen molar-refractivity contribution in [1.82, 2.24) is 0 Å². The molecule has 2 heteroatoms. The molecule has 16 rings (SSSR count). The first-order valence-electron chi connectivity index (χ1n) is 28.7. The third-order valence-electron chi connectivity index (χ3n) is 17.4. The Balaban J connectivity index is 0.960. The summed E-state index contributed by atoms with van der Waals surface area (Å²) in [4.78, 5) is 4.98. The first kappa shape index (κ1) is 48.1. The van der Waals surface area contributed by atoms with E-state index in [0.717, 1.165) is 56.4 Å². The predicted octanol–water partition coefficient (Wildman–Crippen LogP) is 21.9. The van der Waals surface area contributed by atoms with Gasteiger partial charge in [0.05, 0.1) is 22.5 Å². The summed E-state index contributed by atoms with van der Waals surface area (Å²) in [6.45, 7) is 0. The van der Waals surface area contributed by atoms with Crippen molar-refractivity contribution in [3.05, 3.63) is 350 Å². The van der Waals surface area contributed by atoms with Crippen LogP contribution in [0.5, 0.6) is 0 Å². The van der Waals surface area contributed by atoms with E-state index in [4.69, 9.17) is 0 Å². The summed E-state index contributed by atoms with van der Waals surface area (Å²) < 4.78 is 0. The van der Waals surface area contributed by atoms with Gasteiger partial charge in [-0.3, -0.25) is 0 Å². The quantitative estimate of drug-likeness (QED) is 0.135. The summed E-state index contributed by atoms with van der Waals surface area (Å²) in [7, 11) is 0. The number of hydrogen-bond acceptors (Lipinski definition) is 2. The molecular weight excluding hydrogens is 1000 g/mol. The standard InChI is InChI=1S/C81H54N2/c1-7-25-55(26-8-1)59-44-49-76(71(52-59)57-29-11-3-12-30-57)82(62-33-15-5-16-34-62)64-46-48-65-61(51-64)43-47-70-79-69-40-20-19-39-68(69)78(54-75(79)81(80(65)70)73-41-23-21-37-66(73)67-38-22-24-42-74(67)81)83(63-35-17-6-18-36-63)77-50-45-60(56-27-9-2-10-28-56)53-72(77)58-31-13-4-14-32-58/h1-54H. The smallest absolute Gasteiger partial charge is 0.0732 e. The van der Waals surface area contributed by atoms with E-state index in [-0.39, 0.29) is 0 Å². The molecule has 0 aromatic heterocycles. The Morgan fingerprint density at radius 1 is 0.217 bits per heavy atom. The molecular formula is C81H54N2. The number of nitrogens with zero attached hydrogens (tertiary/aromatic N) is 2. The highest BCUT2D eigenvalue weighted by atomic mass is 15.2. The van der Waals surface area contributed by atoms with Crippen molar-refractivity contribution < 1.29 is 0 Å². The molecule has 0 N–H and O–H groups in total.